The van der Waals surface area contributed by atoms with Gasteiger partial charge in [0.05, 0.1) is 0 Å². The van der Waals surface area contributed by atoms with E-state index in [1.54, 1.807) is 0 Å². The molecular formula is C16H37IN4. The van der Waals surface area contributed by atoms with Crippen LogP contribution in [0, 0.1) is 0 Å². The molecule has 0 rings (SSSR count). The first-order chi connectivity index (χ1) is 9.67. The van der Waals surface area contributed by atoms with Crippen LogP contribution in [0.1, 0.15) is 59.8 Å². The second-order valence-corrected chi connectivity index (χ2v) is 5.42. The lowest BCUT2D eigenvalue weighted by molar-refractivity contribution is 0.292. The van der Waals surface area contributed by atoms with Gasteiger partial charge >= 0.3 is 0 Å². The monoisotopic (exact) mass is 412 g/mol. The minimum atomic E-state index is 0. The van der Waals surface area contributed by atoms with Crippen molar-refractivity contribution < 1.29 is 0 Å². The second kappa shape index (κ2) is 16.3. The van der Waals surface area contributed by atoms with Gasteiger partial charge in [-0.15, -0.1) is 24.0 Å². The van der Waals surface area contributed by atoms with Gasteiger partial charge in [-0.1, -0.05) is 33.6 Å². The van der Waals surface area contributed by atoms with E-state index < -0.39 is 0 Å². The summed E-state index contributed by atoms with van der Waals surface area (Å²) in [5, 5.41) is 6.86. The molecule has 1 unspecified atom stereocenters. The Morgan fingerprint density at radius 1 is 1.10 bits per heavy atom. The third-order valence-corrected chi connectivity index (χ3v) is 3.69. The summed E-state index contributed by atoms with van der Waals surface area (Å²) >= 11 is 0. The van der Waals surface area contributed by atoms with Crippen molar-refractivity contribution in [2.75, 3.05) is 33.2 Å². The van der Waals surface area contributed by atoms with Gasteiger partial charge in [-0.25, -0.2) is 0 Å². The fraction of sp³-hybridized carbons (Fsp3) is 0.938. The van der Waals surface area contributed by atoms with Crippen LogP contribution in [-0.2, 0) is 0 Å². The molecule has 0 aromatic heterocycles. The molecule has 128 valence electrons. The van der Waals surface area contributed by atoms with Crippen molar-refractivity contribution in [3.05, 3.63) is 0 Å². The van der Waals surface area contributed by atoms with Crippen LogP contribution in [0.5, 0.6) is 0 Å². The zero-order chi connectivity index (χ0) is 15.2. The third-order valence-electron chi connectivity index (χ3n) is 3.69. The van der Waals surface area contributed by atoms with E-state index in [-0.39, 0.29) is 24.0 Å². The molecule has 0 bridgehead atoms. The minimum absolute atomic E-state index is 0. The minimum Gasteiger partial charge on any atom is -0.356 e. The van der Waals surface area contributed by atoms with Gasteiger partial charge in [0.1, 0.15) is 0 Å². The first-order valence-corrected chi connectivity index (χ1v) is 8.37. The molecule has 5 heteroatoms. The average Bonchev–Trinajstić information content (AvgIpc) is 2.46. The highest BCUT2D eigenvalue weighted by Gasteiger charge is 2.06. The number of guanidine groups is 1. The Balaban J connectivity index is 0. The molecule has 2 N–H and O–H groups in total. The number of nitrogens with one attached hydrogen (secondary N) is 2. The Hall–Kier alpha value is -0.0400. The van der Waals surface area contributed by atoms with Crippen LogP contribution in [0.15, 0.2) is 4.99 Å². The zero-order valence-corrected chi connectivity index (χ0v) is 17.1. The van der Waals surface area contributed by atoms with Crippen LogP contribution in [0.2, 0.25) is 0 Å². The molecule has 0 aliphatic heterocycles. The van der Waals surface area contributed by atoms with Crippen LogP contribution >= 0.6 is 24.0 Å². The smallest absolute Gasteiger partial charge is 0.191 e. The molecule has 0 aromatic carbocycles. The number of aliphatic imine (C=N–C) groups is 1. The molecule has 0 aromatic rings. The highest BCUT2D eigenvalue weighted by Crippen LogP contribution is 1.99. The number of hydrogen-bond acceptors (Lipinski definition) is 2. The Kier molecular flexibility index (Phi) is 18.1. The third kappa shape index (κ3) is 13.4. The van der Waals surface area contributed by atoms with Gasteiger partial charge in [0.25, 0.3) is 0 Å². The van der Waals surface area contributed by atoms with E-state index in [0.717, 1.165) is 25.6 Å². The van der Waals surface area contributed by atoms with Crippen molar-refractivity contribution in [1.29, 1.82) is 0 Å². The lowest BCUT2D eigenvalue weighted by atomic mass is 10.2. The average molecular weight is 412 g/mol. The van der Waals surface area contributed by atoms with Gasteiger partial charge in [0, 0.05) is 19.6 Å². The molecule has 0 amide bonds. The predicted molar refractivity (Wildman–Crippen MR) is 106 cm³/mol. The van der Waals surface area contributed by atoms with Crippen LogP contribution in [-0.4, -0.2) is 50.1 Å². The standard InChI is InChI=1S/C16H36N4.HI/c1-6-9-10-13-18-16(17-5)19-15(4)12-11-14-20(7-2)8-3;/h15H,6-14H2,1-5H3,(H2,17,18,19);1H. The zero-order valence-electron chi connectivity index (χ0n) is 14.7. The molecule has 21 heavy (non-hydrogen) atoms. The number of nitrogens with zero attached hydrogens (tertiary/aromatic N) is 2. The summed E-state index contributed by atoms with van der Waals surface area (Å²) in [5.41, 5.74) is 0. The van der Waals surface area contributed by atoms with Crippen LogP contribution in [0.4, 0.5) is 0 Å². The number of halogens is 1. The molecular weight excluding hydrogens is 375 g/mol. The lowest BCUT2D eigenvalue weighted by Crippen LogP contribution is -2.42. The molecule has 0 heterocycles. The van der Waals surface area contributed by atoms with Crippen molar-refractivity contribution in [2.24, 2.45) is 4.99 Å². The van der Waals surface area contributed by atoms with Gasteiger partial charge in [-0.2, -0.15) is 0 Å². The fourth-order valence-corrected chi connectivity index (χ4v) is 2.24. The highest BCUT2D eigenvalue weighted by molar-refractivity contribution is 14.0. The van der Waals surface area contributed by atoms with E-state index in [1.807, 2.05) is 7.05 Å². The summed E-state index contributed by atoms with van der Waals surface area (Å²) in [6.45, 7) is 13.4. The molecule has 0 aliphatic rings. The summed E-state index contributed by atoms with van der Waals surface area (Å²) in [4.78, 5) is 6.76. The summed E-state index contributed by atoms with van der Waals surface area (Å²) < 4.78 is 0. The van der Waals surface area contributed by atoms with E-state index in [9.17, 15) is 0 Å². The van der Waals surface area contributed by atoms with E-state index in [4.69, 9.17) is 0 Å². The van der Waals surface area contributed by atoms with Crippen molar-refractivity contribution >= 4 is 29.9 Å². The first kappa shape index (κ1) is 23.2. The van der Waals surface area contributed by atoms with E-state index in [2.05, 4.69) is 48.2 Å². The van der Waals surface area contributed by atoms with E-state index in [1.165, 1.54) is 38.6 Å². The SMILES string of the molecule is CCCCCNC(=NC)NC(C)CCCN(CC)CC.I. The van der Waals surface area contributed by atoms with E-state index in [0.29, 0.717) is 6.04 Å². The van der Waals surface area contributed by atoms with Gasteiger partial charge in [0.2, 0.25) is 0 Å². The van der Waals surface area contributed by atoms with Gasteiger partial charge in [-0.05, 0) is 45.8 Å². The first-order valence-electron chi connectivity index (χ1n) is 8.37. The number of hydrogen-bond donors (Lipinski definition) is 2. The maximum Gasteiger partial charge on any atom is 0.191 e. The lowest BCUT2D eigenvalue weighted by Gasteiger charge is -2.21. The van der Waals surface area contributed by atoms with Crippen molar-refractivity contribution in [3.8, 4) is 0 Å². The van der Waals surface area contributed by atoms with Gasteiger partial charge in [-0.3, -0.25) is 4.99 Å². The predicted octanol–water partition coefficient (Wildman–Crippen LogP) is 3.47. The Morgan fingerprint density at radius 3 is 2.29 bits per heavy atom. The van der Waals surface area contributed by atoms with Crippen molar-refractivity contribution in [1.82, 2.24) is 15.5 Å². The quantitative estimate of drug-likeness (QED) is 0.236. The van der Waals surface area contributed by atoms with Gasteiger partial charge < -0.3 is 15.5 Å². The van der Waals surface area contributed by atoms with Crippen LogP contribution in [0.3, 0.4) is 0 Å². The summed E-state index contributed by atoms with van der Waals surface area (Å²) in [5.74, 6) is 0.941. The summed E-state index contributed by atoms with van der Waals surface area (Å²) in [6.07, 6.45) is 6.18. The Morgan fingerprint density at radius 2 is 1.76 bits per heavy atom. The maximum absolute atomic E-state index is 4.29. The van der Waals surface area contributed by atoms with Crippen LogP contribution in [0.25, 0.3) is 0 Å². The second-order valence-electron chi connectivity index (χ2n) is 5.42. The summed E-state index contributed by atoms with van der Waals surface area (Å²) in [6, 6.07) is 0.475. The molecule has 1 atom stereocenters. The topological polar surface area (TPSA) is 39.7 Å². The van der Waals surface area contributed by atoms with Gasteiger partial charge in [0.15, 0.2) is 5.96 Å². The molecule has 0 saturated heterocycles. The molecule has 0 spiro atoms. The number of rotatable bonds is 11. The molecule has 0 aliphatic carbocycles. The Bertz CT molecular complexity index is 242. The van der Waals surface area contributed by atoms with Crippen LogP contribution < -0.4 is 10.6 Å². The Labute approximate surface area is 149 Å². The van der Waals surface area contributed by atoms with Crippen molar-refractivity contribution in [2.45, 2.75) is 65.8 Å². The van der Waals surface area contributed by atoms with E-state index >= 15 is 0 Å². The normalized spacial score (nSPS) is 13.0. The molecule has 0 saturated carbocycles. The number of unbranched alkanes of at least 4 members (excludes halogenated alkanes) is 2. The molecule has 0 fully saturated rings. The van der Waals surface area contributed by atoms with Crippen molar-refractivity contribution in [3.63, 3.8) is 0 Å². The molecule has 4 nitrogen and oxygen atoms in total. The maximum atomic E-state index is 4.29. The highest BCUT2D eigenvalue weighted by atomic mass is 127. The largest absolute Gasteiger partial charge is 0.356 e. The molecule has 0 radical (unpaired) electrons. The fourth-order valence-electron chi connectivity index (χ4n) is 2.24. The summed E-state index contributed by atoms with van der Waals surface area (Å²) in [7, 11) is 1.85.